The number of methoxy groups -OCH3 is 2. The minimum Gasteiger partial charge on any atom is -0.356 e. The van der Waals surface area contributed by atoms with Crippen molar-refractivity contribution >= 4 is 26.3 Å². The molecule has 0 aliphatic carbocycles. The van der Waals surface area contributed by atoms with Gasteiger partial charge in [0.1, 0.15) is 10.3 Å². The molecular formula is C12H18BrNO3. The number of aliphatic imine (C=N–C) groups is 1. The zero-order valence-corrected chi connectivity index (χ0v) is 12.0. The van der Waals surface area contributed by atoms with Gasteiger partial charge >= 0.3 is 0 Å². The molecule has 0 aromatic carbocycles. The summed E-state index contributed by atoms with van der Waals surface area (Å²) >= 11 is 3.18. The number of carbonyl (C=O) groups excluding carboxylic acids is 1. The second kappa shape index (κ2) is 9.27. The molecule has 5 heteroatoms. The van der Waals surface area contributed by atoms with Gasteiger partial charge in [0, 0.05) is 27.1 Å². The van der Waals surface area contributed by atoms with Gasteiger partial charge in [0.25, 0.3) is 0 Å². The third-order valence-electron chi connectivity index (χ3n) is 2.09. The van der Waals surface area contributed by atoms with Gasteiger partial charge in [-0.3, -0.25) is 4.79 Å². The summed E-state index contributed by atoms with van der Waals surface area (Å²) in [6.45, 7) is 5.32. The van der Waals surface area contributed by atoms with Crippen LogP contribution in [0.15, 0.2) is 29.4 Å². The Labute approximate surface area is 111 Å². The summed E-state index contributed by atoms with van der Waals surface area (Å²) in [4.78, 5) is 15.9. The molecule has 0 heterocycles. The van der Waals surface area contributed by atoms with Crippen LogP contribution in [0.4, 0.5) is 0 Å². The maximum Gasteiger partial charge on any atom is 0.181 e. The molecule has 0 fully saturated rings. The molecule has 0 amide bonds. The van der Waals surface area contributed by atoms with Gasteiger partial charge in [0.05, 0.1) is 0 Å². The van der Waals surface area contributed by atoms with Crippen LogP contribution in [0, 0.1) is 0 Å². The van der Waals surface area contributed by atoms with Gasteiger partial charge in [0.15, 0.2) is 12.1 Å². The second-order valence-electron chi connectivity index (χ2n) is 3.18. The first kappa shape index (κ1) is 16.2. The Kier molecular flexibility index (Phi) is 8.85. The van der Waals surface area contributed by atoms with Crippen LogP contribution in [0.5, 0.6) is 0 Å². The predicted octanol–water partition coefficient (Wildman–Crippen LogP) is 2.84. The Balaban J connectivity index is 4.43. The van der Waals surface area contributed by atoms with Gasteiger partial charge in [-0.1, -0.05) is 12.7 Å². The van der Waals surface area contributed by atoms with Crippen molar-refractivity contribution in [3.8, 4) is 0 Å². The van der Waals surface area contributed by atoms with Crippen LogP contribution in [0.1, 0.15) is 19.8 Å². The van der Waals surface area contributed by atoms with E-state index in [-0.39, 0.29) is 12.1 Å². The smallest absolute Gasteiger partial charge is 0.181 e. The molecular weight excluding hydrogens is 286 g/mol. The second-order valence-corrected chi connectivity index (χ2v) is 3.99. The number of ketones is 1. The van der Waals surface area contributed by atoms with Crippen molar-refractivity contribution in [1.82, 2.24) is 0 Å². The lowest BCUT2D eigenvalue weighted by Crippen LogP contribution is -2.15. The van der Waals surface area contributed by atoms with Gasteiger partial charge in [-0.2, -0.15) is 0 Å². The van der Waals surface area contributed by atoms with E-state index < -0.39 is 0 Å². The molecule has 0 bridgehead atoms. The fourth-order valence-corrected chi connectivity index (χ4v) is 1.35. The summed E-state index contributed by atoms with van der Waals surface area (Å²) in [6, 6.07) is 0. The first-order valence-corrected chi connectivity index (χ1v) is 6.00. The van der Waals surface area contributed by atoms with Crippen molar-refractivity contribution in [3.05, 3.63) is 24.4 Å². The summed E-state index contributed by atoms with van der Waals surface area (Å²) in [7, 11) is 3.09. The number of hydrogen-bond acceptors (Lipinski definition) is 4. The fraction of sp³-hybridized carbons (Fsp3) is 0.500. The van der Waals surface area contributed by atoms with Gasteiger partial charge in [-0.25, -0.2) is 4.99 Å². The Morgan fingerprint density at radius 2 is 2.06 bits per heavy atom. The summed E-state index contributed by atoms with van der Waals surface area (Å²) in [5, 5.41) is 0. The quantitative estimate of drug-likeness (QED) is 0.393. The van der Waals surface area contributed by atoms with Crippen LogP contribution in [0.2, 0.25) is 0 Å². The van der Waals surface area contributed by atoms with E-state index in [1.54, 1.807) is 27.2 Å². The number of allylic oxidation sites excluding steroid dienone is 3. The molecule has 0 N–H and O–H groups in total. The van der Waals surface area contributed by atoms with E-state index in [0.717, 1.165) is 0 Å². The molecule has 0 aliphatic rings. The maximum absolute atomic E-state index is 11.8. The third-order valence-corrected chi connectivity index (χ3v) is 2.59. The van der Waals surface area contributed by atoms with E-state index in [4.69, 9.17) is 9.47 Å². The number of Topliss-reactive ketones (excluding diaryl/α,β-unsaturated/α-hetero) is 1. The number of rotatable bonds is 8. The highest BCUT2D eigenvalue weighted by molar-refractivity contribution is 9.18. The summed E-state index contributed by atoms with van der Waals surface area (Å²) in [5.41, 5.74) is 0.405. The van der Waals surface area contributed by atoms with E-state index in [9.17, 15) is 4.79 Å². The summed E-state index contributed by atoms with van der Waals surface area (Å²) in [6.07, 6.45) is 3.67. The number of halogens is 1. The standard InChI is InChI=1S/C12H18BrNO3/c1-5-9(14-11(13)6-2)10(15)7-8-12(16-3)17-4/h5-6,12H,2,7-8H2,1,3-4H3. The van der Waals surface area contributed by atoms with Gasteiger partial charge in [0.2, 0.25) is 0 Å². The van der Waals surface area contributed by atoms with Crippen LogP contribution in [-0.2, 0) is 14.3 Å². The Morgan fingerprint density at radius 3 is 2.47 bits per heavy atom. The first-order valence-electron chi connectivity index (χ1n) is 5.20. The highest BCUT2D eigenvalue weighted by Crippen LogP contribution is 2.10. The molecule has 0 atom stereocenters. The van der Waals surface area contributed by atoms with Crippen molar-refractivity contribution in [2.75, 3.05) is 14.2 Å². The zero-order valence-electron chi connectivity index (χ0n) is 10.4. The largest absolute Gasteiger partial charge is 0.356 e. The van der Waals surface area contributed by atoms with E-state index in [2.05, 4.69) is 27.5 Å². The molecule has 96 valence electrons. The monoisotopic (exact) mass is 303 g/mol. The zero-order chi connectivity index (χ0) is 13.3. The normalized spacial score (nSPS) is 13.0. The highest BCUT2D eigenvalue weighted by Gasteiger charge is 2.12. The summed E-state index contributed by atoms with van der Waals surface area (Å²) in [5.74, 6) is -0.0506. The molecule has 4 nitrogen and oxygen atoms in total. The molecule has 0 unspecified atom stereocenters. The van der Waals surface area contributed by atoms with Gasteiger partial charge in [-0.15, -0.1) is 0 Å². The minimum absolute atomic E-state index is 0.0506. The molecule has 0 spiro atoms. The van der Waals surface area contributed by atoms with E-state index in [0.29, 0.717) is 23.2 Å². The van der Waals surface area contributed by atoms with Crippen molar-refractivity contribution in [3.63, 3.8) is 0 Å². The lowest BCUT2D eigenvalue weighted by molar-refractivity contribution is -0.124. The van der Waals surface area contributed by atoms with Crippen LogP contribution in [0.3, 0.4) is 0 Å². The molecule has 0 radical (unpaired) electrons. The van der Waals surface area contributed by atoms with E-state index in [1.807, 2.05) is 0 Å². The van der Waals surface area contributed by atoms with Crippen LogP contribution >= 0.6 is 15.9 Å². The average Bonchev–Trinajstić information content (AvgIpc) is 2.36. The lowest BCUT2D eigenvalue weighted by Gasteiger charge is -2.12. The maximum atomic E-state index is 11.8. The van der Waals surface area contributed by atoms with Crippen LogP contribution < -0.4 is 0 Å². The number of carbonyl (C=O) groups is 1. The molecule has 0 saturated carbocycles. The third kappa shape index (κ3) is 6.51. The Morgan fingerprint density at radius 1 is 1.47 bits per heavy atom. The van der Waals surface area contributed by atoms with E-state index >= 15 is 0 Å². The van der Waals surface area contributed by atoms with E-state index in [1.165, 1.54) is 6.08 Å². The first-order chi connectivity index (χ1) is 8.08. The Hall–Kier alpha value is -0.780. The van der Waals surface area contributed by atoms with Gasteiger partial charge < -0.3 is 9.47 Å². The molecule has 0 aromatic heterocycles. The lowest BCUT2D eigenvalue weighted by atomic mass is 10.1. The number of ether oxygens (including phenoxy) is 2. The molecule has 0 aromatic rings. The highest BCUT2D eigenvalue weighted by atomic mass is 79.9. The van der Waals surface area contributed by atoms with Crippen molar-refractivity contribution in [1.29, 1.82) is 0 Å². The SMILES string of the molecule is C=CC(Br)=NC(=CC)C(=O)CCC(OC)OC. The molecule has 17 heavy (non-hydrogen) atoms. The number of hydrogen-bond donors (Lipinski definition) is 0. The molecule has 0 saturated heterocycles. The van der Waals surface area contributed by atoms with Crippen LogP contribution in [-0.4, -0.2) is 30.9 Å². The fourth-order valence-electron chi connectivity index (χ4n) is 1.16. The summed E-state index contributed by atoms with van der Waals surface area (Å²) < 4.78 is 10.6. The van der Waals surface area contributed by atoms with Gasteiger partial charge in [-0.05, 0) is 28.9 Å². The minimum atomic E-state index is -0.358. The topological polar surface area (TPSA) is 47.9 Å². The van der Waals surface area contributed by atoms with Crippen molar-refractivity contribution in [2.24, 2.45) is 4.99 Å². The molecule has 0 rings (SSSR count). The van der Waals surface area contributed by atoms with Crippen molar-refractivity contribution < 1.29 is 14.3 Å². The predicted molar refractivity (Wildman–Crippen MR) is 72.4 cm³/mol. The average molecular weight is 304 g/mol. The Bertz CT molecular complexity index is 320. The van der Waals surface area contributed by atoms with Crippen molar-refractivity contribution in [2.45, 2.75) is 26.1 Å². The molecule has 0 aliphatic heterocycles. The van der Waals surface area contributed by atoms with Crippen LogP contribution in [0.25, 0.3) is 0 Å². The number of nitrogens with zero attached hydrogens (tertiary/aromatic N) is 1.